The summed E-state index contributed by atoms with van der Waals surface area (Å²) in [6, 6.07) is 12.6. The van der Waals surface area contributed by atoms with E-state index in [-0.39, 0.29) is 18.4 Å². The Morgan fingerprint density at radius 3 is 2.52 bits per heavy atom. The number of benzene rings is 2. The first-order valence-electron chi connectivity index (χ1n) is 9.82. The maximum Gasteiger partial charge on any atom is 0.258 e. The molecule has 0 aliphatic carbocycles. The minimum absolute atomic E-state index is 0.0860. The van der Waals surface area contributed by atoms with Crippen molar-refractivity contribution in [1.82, 2.24) is 4.31 Å². The van der Waals surface area contributed by atoms with Gasteiger partial charge < -0.3 is 10.6 Å². The number of nitrogens with zero attached hydrogens (tertiary/aromatic N) is 2. The standard InChI is InChI=1S/C21H22N4O5S/c1-31(29,30)25-12-4-7-18(25)20(27)22-15-10-8-14(9-11-15)21(28)24-13-19(26)23-16-5-2-3-6-17(16)24/h2-3,5-6,8-11,18H,4,7,12-13H2,1H3,(H,22,27)(H,23,26). The Morgan fingerprint density at radius 2 is 1.81 bits per heavy atom. The van der Waals surface area contributed by atoms with E-state index >= 15 is 0 Å². The summed E-state index contributed by atoms with van der Waals surface area (Å²) in [5, 5.41) is 5.46. The van der Waals surface area contributed by atoms with Crippen LogP contribution in [0.1, 0.15) is 23.2 Å². The van der Waals surface area contributed by atoms with Crippen LogP contribution in [-0.2, 0) is 19.6 Å². The van der Waals surface area contributed by atoms with Gasteiger partial charge in [0.2, 0.25) is 21.8 Å². The Labute approximate surface area is 180 Å². The zero-order chi connectivity index (χ0) is 22.2. The summed E-state index contributed by atoms with van der Waals surface area (Å²) in [5.74, 6) is -1.01. The molecule has 0 saturated carbocycles. The van der Waals surface area contributed by atoms with E-state index in [0.717, 1.165) is 6.26 Å². The van der Waals surface area contributed by atoms with Gasteiger partial charge in [0, 0.05) is 17.8 Å². The monoisotopic (exact) mass is 442 g/mol. The second kappa shape index (κ2) is 8.12. The number of nitrogens with one attached hydrogen (secondary N) is 2. The minimum Gasteiger partial charge on any atom is -0.325 e. The van der Waals surface area contributed by atoms with Gasteiger partial charge in [-0.25, -0.2) is 8.42 Å². The number of anilines is 3. The molecule has 0 radical (unpaired) electrons. The number of amides is 3. The summed E-state index contributed by atoms with van der Waals surface area (Å²) in [6.45, 7) is 0.243. The third-order valence-corrected chi connectivity index (χ3v) is 6.64. The van der Waals surface area contributed by atoms with E-state index in [2.05, 4.69) is 10.6 Å². The Hall–Kier alpha value is -3.24. The van der Waals surface area contributed by atoms with Crippen molar-refractivity contribution < 1.29 is 22.8 Å². The molecule has 2 heterocycles. The van der Waals surface area contributed by atoms with Gasteiger partial charge in [-0.05, 0) is 49.2 Å². The summed E-state index contributed by atoms with van der Waals surface area (Å²) in [4.78, 5) is 38.9. The Kier molecular flexibility index (Phi) is 5.50. The summed E-state index contributed by atoms with van der Waals surface area (Å²) in [5.41, 5.74) is 2.01. The van der Waals surface area contributed by atoms with Crippen LogP contribution in [0.2, 0.25) is 0 Å². The van der Waals surface area contributed by atoms with E-state index in [9.17, 15) is 22.8 Å². The van der Waals surface area contributed by atoms with Crippen LogP contribution in [0.15, 0.2) is 48.5 Å². The van der Waals surface area contributed by atoms with Crippen LogP contribution in [0.25, 0.3) is 0 Å². The van der Waals surface area contributed by atoms with Crippen molar-refractivity contribution in [2.45, 2.75) is 18.9 Å². The van der Waals surface area contributed by atoms with E-state index < -0.39 is 22.0 Å². The largest absolute Gasteiger partial charge is 0.325 e. The first-order valence-corrected chi connectivity index (χ1v) is 11.7. The molecule has 2 aliphatic heterocycles. The number of para-hydroxylation sites is 2. The van der Waals surface area contributed by atoms with Crippen LogP contribution in [-0.4, -0.2) is 55.8 Å². The molecule has 162 valence electrons. The summed E-state index contributed by atoms with van der Waals surface area (Å²) in [6.07, 6.45) is 2.19. The fraction of sp³-hybridized carbons (Fsp3) is 0.286. The number of sulfonamides is 1. The lowest BCUT2D eigenvalue weighted by Crippen LogP contribution is -2.42. The molecule has 4 rings (SSSR count). The predicted molar refractivity (Wildman–Crippen MR) is 116 cm³/mol. The Morgan fingerprint density at radius 1 is 1.10 bits per heavy atom. The lowest BCUT2D eigenvalue weighted by atomic mass is 10.1. The van der Waals surface area contributed by atoms with Crippen molar-refractivity contribution >= 4 is 44.8 Å². The molecule has 10 heteroatoms. The number of hydrogen-bond donors (Lipinski definition) is 2. The van der Waals surface area contributed by atoms with Crippen LogP contribution >= 0.6 is 0 Å². The molecule has 3 amide bonds. The average Bonchev–Trinajstić information content (AvgIpc) is 3.24. The van der Waals surface area contributed by atoms with E-state index in [0.29, 0.717) is 42.0 Å². The lowest BCUT2D eigenvalue weighted by molar-refractivity contribution is -0.119. The third kappa shape index (κ3) is 4.30. The van der Waals surface area contributed by atoms with Crippen LogP contribution in [0.5, 0.6) is 0 Å². The second-order valence-electron chi connectivity index (χ2n) is 7.55. The van der Waals surface area contributed by atoms with E-state index in [4.69, 9.17) is 0 Å². The summed E-state index contributed by atoms with van der Waals surface area (Å²) >= 11 is 0. The molecule has 9 nitrogen and oxygen atoms in total. The molecule has 2 aromatic carbocycles. The number of carbonyl (C=O) groups is 3. The lowest BCUT2D eigenvalue weighted by Gasteiger charge is -2.29. The highest BCUT2D eigenvalue weighted by atomic mass is 32.2. The summed E-state index contributed by atoms with van der Waals surface area (Å²) in [7, 11) is -3.46. The first kappa shape index (κ1) is 21.0. The molecular formula is C21H22N4O5S. The van der Waals surface area contributed by atoms with Crippen LogP contribution in [0, 0.1) is 0 Å². The zero-order valence-corrected chi connectivity index (χ0v) is 17.7. The van der Waals surface area contributed by atoms with E-state index in [1.165, 1.54) is 9.21 Å². The molecule has 0 aromatic heterocycles. The Bertz CT molecular complexity index is 1150. The van der Waals surface area contributed by atoms with Crippen LogP contribution in [0.3, 0.4) is 0 Å². The van der Waals surface area contributed by atoms with Crippen molar-refractivity contribution in [3.8, 4) is 0 Å². The van der Waals surface area contributed by atoms with Gasteiger partial charge >= 0.3 is 0 Å². The number of rotatable bonds is 4. The first-order chi connectivity index (χ1) is 14.7. The van der Waals surface area contributed by atoms with Crippen molar-refractivity contribution in [2.75, 3.05) is 34.9 Å². The molecule has 0 bridgehead atoms. The van der Waals surface area contributed by atoms with Gasteiger partial charge in [-0.3, -0.25) is 19.3 Å². The highest BCUT2D eigenvalue weighted by molar-refractivity contribution is 7.88. The molecule has 2 aromatic rings. The molecule has 2 aliphatic rings. The molecule has 1 saturated heterocycles. The predicted octanol–water partition coefficient (Wildman–Crippen LogP) is 1.65. The average molecular weight is 442 g/mol. The normalized spacial score (nSPS) is 18.9. The summed E-state index contributed by atoms with van der Waals surface area (Å²) < 4.78 is 24.9. The topological polar surface area (TPSA) is 116 Å². The van der Waals surface area contributed by atoms with Crippen molar-refractivity contribution in [3.63, 3.8) is 0 Å². The van der Waals surface area contributed by atoms with Gasteiger partial charge in [-0.2, -0.15) is 4.31 Å². The van der Waals surface area contributed by atoms with E-state index in [1.54, 1.807) is 48.5 Å². The molecule has 31 heavy (non-hydrogen) atoms. The fourth-order valence-electron chi connectivity index (χ4n) is 3.89. The van der Waals surface area contributed by atoms with E-state index in [1.807, 2.05) is 0 Å². The fourth-order valence-corrected chi connectivity index (χ4v) is 5.02. The second-order valence-corrected chi connectivity index (χ2v) is 9.49. The zero-order valence-electron chi connectivity index (χ0n) is 16.9. The van der Waals surface area contributed by atoms with Crippen LogP contribution < -0.4 is 15.5 Å². The molecule has 2 N–H and O–H groups in total. The molecule has 1 atom stereocenters. The number of hydrogen-bond acceptors (Lipinski definition) is 5. The Balaban J connectivity index is 1.48. The number of carbonyl (C=O) groups excluding carboxylic acids is 3. The maximum absolute atomic E-state index is 13.0. The van der Waals surface area contributed by atoms with Gasteiger partial charge in [-0.1, -0.05) is 12.1 Å². The highest BCUT2D eigenvalue weighted by Crippen LogP contribution is 2.30. The SMILES string of the molecule is CS(=O)(=O)N1CCCC1C(=O)Nc1ccc(C(=O)N2CC(=O)Nc3ccccc32)cc1. The van der Waals surface area contributed by atoms with Gasteiger partial charge in [0.25, 0.3) is 5.91 Å². The molecule has 0 spiro atoms. The maximum atomic E-state index is 13.0. The smallest absolute Gasteiger partial charge is 0.258 e. The van der Waals surface area contributed by atoms with Crippen molar-refractivity contribution in [1.29, 1.82) is 0 Å². The van der Waals surface area contributed by atoms with Gasteiger partial charge in [0.15, 0.2) is 0 Å². The molecular weight excluding hydrogens is 420 g/mol. The quantitative estimate of drug-likeness (QED) is 0.747. The minimum atomic E-state index is -3.46. The van der Waals surface area contributed by atoms with Gasteiger partial charge in [0.1, 0.15) is 12.6 Å². The third-order valence-electron chi connectivity index (χ3n) is 5.35. The molecule has 1 unspecified atom stereocenters. The van der Waals surface area contributed by atoms with Crippen molar-refractivity contribution in [2.24, 2.45) is 0 Å². The highest BCUT2D eigenvalue weighted by Gasteiger charge is 2.36. The van der Waals surface area contributed by atoms with Gasteiger partial charge in [0.05, 0.1) is 17.6 Å². The molecule has 1 fully saturated rings. The van der Waals surface area contributed by atoms with Crippen molar-refractivity contribution in [3.05, 3.63) is 54.1 Å². The van der Waals surface area contributed by atoms with Crippen LogP contribution in [0.4, 0.5) is 17.1 Å². The van der Waals surface area contributed by atoms with Gasteiger partial charge in [-0.15, -0.1) is 0 Å². The number of fused-ring (bicyclic) bond motifs is 1.